The highest BCUT2D eigenvalue weighted by molar-refractivity contribution is 6.57. The summed E-state index contributed by atoms with van der Waals surface area (Å²) in [4.78, 5) is 20.8. The predicted molar refractivity (Wildman–Crippen MR) is 45.3 cm³/mol. The first kappa shape index (κ1) is 11.4. The molecule has 0 bridgehead atoms. The maximum atomic E-state index is 9.15. The van der Waals surface area contributed by atoms with E-state index >= 15 is 0 Å². The lowest BCUT2D eigenvalue weighted by Crippen LogP contribution is -2.38. The van der Waals surface area contributed by atoms with E-state index in [4.69, 9.17) is 19.5 Å². The Morgan fingerprint density at radius 1 is 1.58 bits per heavy atom. The van der Waals surface area contributed by atoms with Crippen LogP contribution in [0.4, 0.5) is 0 Å². The second-order valence-electron chi connectivity index (χ2n) is 2.23. The van der Waals surface area contributed by atoms with E-state index in [0.717, 1.165) is 0 Å². The van der Waals surface area contributed by atoms with Crippen LogP contribution in [0.1, 0.15) is 13.3 Å². The highest BCUT2D eigenvalue weighted by Crippen LogP contribution is 2.06. The number of hydrogen-bond donors (Lipinski definition) is 2. The topological polar surface area (TPSA) is 98.5 Å². The fraction of sp³-hybridized carbons (Fsp3) is 1.00. The molecule has 0 aromatic carbocycles. The minimum absolute atomic E-state index is 0.180. The number of rotatable bonds is 6. The van der Waals surface area contributed by atoms with Gasteiger partial charge in [-0.2, -0.15) is 0 Å². The minimum atomic E-state index is -3.44. The first-order valence-corrected chi connectivity index (χ1v) is 5.73. The molecule has 0 heterocycles. The van der Waals surface area contributed by atoms with Crippen molar-refractivity contribution in [2.75, 3.05) is 13.2 Å². The van der Waals surface area contributed by atoms with Crippen LogP contribution < -0.4 is 0 Å². The Balaban J connectivity index is 3.52. The summed E-state index contributed by atoms with van der Waals surface area (Å²) in [6.07, 6.45) is 0.448. The third-order valence-electron chi connectivity index (χ3n) is 1.20. The van der Waals surface area contributed by atoms with Crippen molar-refractivity contribution in [3.63, 3.8) is 0 Å². The highest BCUT2D eigenvalue weighted by atomic mass is 28.4. The molecule has 0 unspecified atom stereocenters. The van der Waals surface area contributed by atoms with Crippen molar-refractivity contribution >= 4 is 8.80 Å². The van der Waals surface area contributed by atoms with Gasteiger partial charge in [0.15, 0.2) is 0 Å². The Morgan fingerprint density at radius 2 is 2.25 bits per heavy atom. The molecule has 0 fully saturated rings. The van der Waals surface area contributed by atoms with Crippen molar-refractivity contribution in [1.29, 1.82) is 0 Å². The third-order valence-corrected chi connectivity index (χ3v) is 2.96. The predicted octanol–water partition coefficient (Wildman–Crippen LogP) is 0.647. The molecule has 2 N–H and O–H groups in total. The largest absolute Gasteiger partial charge is 0.495 e. The molecule has 0 saturated heterocycles. The molecule has 0 aliphatic rings. The maximum Gasteiger partial charge on any atom is 0.495 e. The van der Waals surface area contributed by atoms with Crippen LogP contribution in [0.25, 0.3) is 10.4 Å². The van der Waals surface area contributed by atoms with Crippen LogP contribution in [0.5, 0.6) is 0 Å². The third kappa shape index (κ3) is 6.14. The van der Waals surface area contributed by atoms with E-state index in [1.54, 1.807) is 6.92 Å². The van der Waals surface area contributed by atoms with Gasteiger partial charge >= 0.3 is 8.80 Å². The fourth-order valence-corrected chi connectivity index (χ4v) is 1.95. The van der Waals surface area contributed by atoms with Crippen LogP contribution >= 0.6 is 0 Å². The average molecular weight is 191 g/mol. The van der Waals surface area contributed by atoms with Crippen LogP contribution in [-0.2, 0) is 4.43 Å². The van der Waals surface area contributed by atoms with Gasteiger partial charge in [0.05, 0.1) is 0 Å². The van der Waals surface area contributed by atoms with Gasteiger partial charge in [0.25, 0.3) is 0 Å². The molecule has 7 heteroatoms. The van der Waals surface area contributed by atoms with Crippen molar-refractivity contribution in [2.45, 2.75) is 19.4 Å². The van der Waals surface area contributed by atoms with Gasteiger partial charge in [-0.3, -0.25) is 0 Å². The van der Waals surface area contributed by atoms with Crippen LogP contribution in [0.15, 0.2) is 5.11 Å². The molecule has 0 saturated carbocycles. The lowest BCUT2D eigenvalue weighted by molar-refractivity contribution is 0.155. The van der Waals surface area contributed by atoms with Gasteiger partial charge in [-0.15, -0.1) is 0 Å². The second kappa shape index (κ2) is 5.98. The molecule has 0 aromatic heterocycles. The lowest BCUT2D eigenvalue weighted by Gasteiger charge is -2.15. The van der Waals surface area contributed by atoms with Crippen molar-refractivity contribution in [3.8, 4) is 0 Å². The zero-order valence-electron chi connectivity index (χ0n) is 6.97. The van der Waals surface area contributed by atoms with Gasteiger partial charge in [0, 0.05) is 24.1 Å². The van der Waals surface area contributed by atoms with E-state index < -0.39 is 8.80 Å². The second-order valence-corrected chi connectivity index (χ2v) is 4.51. The molecule has 0 aromatic rings. The highest BCUT2D eigenvalue weighted by Gasteiger charge is 2.30. The van der Waals surface area contributed by atoms with E-state index in [1.807, 2.05) is 0 Å². The number of hydrogen-bond acceptors (Lipinski definition) is 4. The van der Waals surface area contributed by atoms with Crippen LogP contribution in [0.3, 0.4) is 0 Å². The smallest absolute Gasteiger partial charge is 0.390 e. The molecule has 12 heavy (non-hydrogen) atoms. The molecule has 0 radical (unpaired) electrons. The summed E-state index contributed by atoms with van der Waals surface area (Å²) in [5.74, 6) is 0. The van der Waals surface area contributed by atoms with Gasteiger partial charge in [0.1, 0.15) is 0 Å². The van der Waals surface area contributed by atoms with Crippen molar-refractivity contribution in [3.05, 3.63) is 10.4 Å². The monoisotopic (exact) mass is 191 g/mol. The number of azide groups is 1. The summed E-state index contributed by atoms with van der Waals surface area (Å²) in [7, 11) is -3.44. The van der Waals surface area contributed by atoms with E-state index in [0.29, 0.717) is 13.0 Å². The zero-order valence-corrected chi connectivity index (χ0v) is 7.97. The Hall–Kier alpha value is -0.593. The first-order valence-electron chi connectivity index (χ1n) is 3.72. The van der Waals surface area contributed by atoms with E-state index in [-0.39, 0.29) is 12.6 Å². The molecule has 0 rings (SSSR count). The van der Waals surface area contributed by atoms with E-state index in [2.05, 4.69) is 10.0 Å². The summed E-state index contributed by atoms with van der Waals surface area (Å²) in [6, 6.07) is 0.180. The molecule has 0 amide bonds. The van der Waals surface area contributed by atoms with Crippen LogP contribution in [0.2, 0.25) is 6.04 Å². The van der Waals surface area contributed by atoms with Gasteiger partial charge in [-0.25, -0.2) is 0 Å². The Bertz CT molecular complexity index is 169. The summed E-state index contributed by atoms with van der Waals surface area (Å²) in [6.45, 7) is 2.27. The summed E-state index contributed by atoms with van der Waals surface area (Å²) < 4.78 is 4.72. The fourth-order valence-electron chi connectivity index (χ4n) is 0.728. The van der Waals surface area contributed by atoms with Gasteiger partial charge in [-0.1, -0.05) is 5.11 Å². The molecule has 6 nitrogen and oxygen atoms in total. The Kier molecular flexibility index (Phi) is 5.69. The molecule has 0 atom stereocenters. The molecule has 70 valence electrons. The van der Waals surface area contributed by atoms with Gasteiger partial charge in [0.2, 0.25) is 0 Å². The first-order chi connectivity index (χ1) is 5.62. The van der Waals surface area contributed by atoms with Gasteiger partial charge < -0.3 is 14.0 Å². The van der Waals surface area contributed by atoms with Crippen molar-refractivity contribution in [2.24, 2.45) is 5.11 Å². The molecule has 0 aliphatic heterocycles. The van der Waals surface area contributed by atoms with E-state index in [9.17, 15) is 0 Å². The Morgan fingerprint density at radius 3 is 2.75 bits per heavy atom. The van der Waals surface area contributed by atoms with Crippen LogP contribution in [0, 0.1) is 0 Å². The van der Waals surface area contributed by atoms with Gasteiger partial charge in [-0.05, 0) is 18.9 Å². The van der Waals surface area contributed by atoms with E-state index in [1.165, 1.54) is 0 Å². The lowest BCUT2D eigenvalue weighted by atomic mass is 10.5. The van der Waals surface area contributed by atoms with Crippen molar-refractivity contribution in [1.82, 2.24) is 0 Å². The van der Waals surface area contributed by atoms with Crippen LogP contribution in [-0.4, -0.2) is 31.5 Å². The molecule has 0 aliphatic carbocycles. The standard InChI is InChI=1S/C5H13N3O3Si/c1-2-11-12(9,10)5-3-4-7-8-6/h9-10H,2-5H2,1H3. The Labute approximate surface area is 71.8 Å². The van der Waals surface area contributed by atoms with Crippen molar-refractivity contribution < 1.29 is 14.0 Å². The summed E-state index contributed by atoms with van der Waals surface area (Å²) >= 11 is 0. The molecular weight excluding hydrogens is 178 g/mol. The number of nitrogens with zero attached hydrogens (tertiary/aromatic N) is 3. The summed E-state index contributed by atoms with van der Waals surface area (Å²) in [5.41, 5.74) is 7.91. The average Bonchev–Trinajstić information content (AvgIpc) is 1.98. The SMILES string of the molecule is CCO[Si](O)(O)CCCN=[N+]=[N-]. The zero-order chi connectivity index (χ0) is 9.45. The quantitative estimate of drug-likeness (QED) is 0.212. The molecule has 0 spiro atoms. The summed E-state index contributed by atoms with van der Waals surface area (Å²) in [5, 5.41) is 3.26. The maximum absolute atomic E-state index is 9.15. The minimum Gasteiger partial charge on any atom is -0.390 e. The normalized spacial score (nSPS) is 10.9. The molecular formula is C5H13N3O3Si.